The molecule has 0 spiro atoms. The lowest BCUT2D eigenvalue weighted by Crippen LogP contribution is -2.48. The first-order valence-corrected chi connectivity index (χ1v) is 13.8. The monoisotopic (exact) mass is 500 g/mol. The average molecular weight is 501 g/mol. The summed E-state index contributed by atoms with van der Waals surface area (Å²) in [5.74, 6) is 0.322. The van der Waals surface area contributed by atoms with Crippen LogP contribution in [0, 0.1) is 5.92 Å². The van der Waals surface area contributed by atoms with Gasteiger partial charge in [0.1, 0.15) is 5.69 Å². The zero-order valence-corrected chi connectivity index (χ0v) is 22.7. The van der Waals surface area contributed by atoms with E-state index in [1.807, 2.05) is 29.2 Å². The molecule has 2 heterocycles. The Labute approximate surface area is 220 Å². The summed E-state index contributed by atoms with van der Waals surface area (Å²) in [5, 5.41) is 4.07. The molecular weight excluding hydrogens is 460 g/mol. The van der Waals surface area contributed by atoms with Crippen LogP contribution in [0.2, 0.25) is 0 Å². The highest BCUT2D eigenvalue weighted by atomic mass is 16.2. The third-order valence-corrected chi connectivity index (χ3v) is 8.13. The maximum absolute atomic E-state index is 13.8. The van der Waals surface area contributed by atoms with Crippen LogP contribution in [0.5, 0.6) is 0 Å². The van der Waals surface area contributed by atoms with E-state index < -0.39 is 0 Å². The van der Waals surface area contributed by atoms with E-state index in [9.17, 15) is 9.59 Å². The second-order valence-corrected chi connectivity index (χ2v) is 11.7. The summed E-state index contributed by atoms with van der Waals surface area (Å²) in [4.78, 5) is 30.7. The predicted molar refractivity (Wildman–Crippen MR) is 150 cm³/mol. The molecular formula is C31H40N4O2. The van der Waals surface area contributed by atoms with Crippen molar-refractivity contribution in [2.45, 2.75) is 58.9 Å². The van der Waals surface area contributed by atoms with Crippen molar-refractivity contribution in [3.63, 3.8) is 0 Å². The van der Waals surface area contributed by atoms with Crippen molar-refractivity contribution >= 4 is 28.4 Å². The number of hydrogen-bond acceptors (Lipinski definition) is 3. The van der Waals surface area contributed by atoms with Crippen molar-refractivity contribution in [1.82, 2.24) is 14.4 Å². The highest BCUT2D eigenvalue weighted by Gasteiger charge is 2.27. The van der Waals surface area contributed by atoms with Gasteiger partial charge in [-0.15, -0.1) is 0 Å². The fourth-order valence-corrected chi connectivity index (χ4v) is 5.33. The second kappa shape index (κ2) is 10.3. The molecule has 0 unspecified atom stereocenters. The maximum atomic E-state index is 13.8. The van der Waals surface area contributed by atoms with Crippen LogP contribution in [0.25, 0.3) is 10.9 Å². The first kappa shape index (κ1) is 25.5. The minimum atomic E-state index is 0.0818. The lowest BCUT2D eigenvalue weighted by atomic mass is 9.85. The van der Waals surface area contributed by atoms with Gasteiger partial charge in [0.25, 0.3) is 5.91 Å². The molecule has 1 saturated heterocycles. The molecule has 0 atom stereocenters. The molecule has 6 nitrogen and oxygen atoms in total. The third kappa shape index (κ3) is 5.45. The number of nitrogens with one attached hydrogen (secondary N) is 1. The molecule has 1 saturated carbocycles. The van der Waals surface area contributed by atoms with Crippen LogP contribution in [0.4, 0.5) is 5.69 Å². The van der Waals surface area contributed by atoms with Crippen LogP contribution < -0.4 is 5.32 Å². The third-order valence-electron chi connectivity index (χ3n) is 8.13. The highest BCUT2D eigenvalue weighted by molar-refractivity contribution is 6.01. The first-order chi connectivity index (χ1) is 17.7. The van der Waals surface area contributed by atoms with E-state index in [-0.39, 0.29) is 23.1 Å². The van der Waals surface area contributed by atoms with E-state index in [0.29, 0.717) is 12.2 Å². The van der Waals surface area contributed by atoms with Crippen molar-refractivity contribution in [3.05, 3.63) is 65.4 Å². The molecule has 1 aromatic heterocycles. The van der Waals surface area contributed by atoms with Gasteiger partial charge < -0.3 is 19.7 Å². The van der Waals surface area contributed by atoms with E-state index >= 15 is 0 Å². The van der Waals surface area contributed by atoms with Gasteiger partial charge in [0.05, 0.1) is 0 Å². The van der Waals surface area contributed by atoms with E-state index in [2.05, 4.69) is 66.7 Å². The van der Waals surface area contributed by atoms with Gasteiger partial charge in [-0.3, -0.25) is 9.59 Å². The Hall–Kier alpha value is -3.12. The van der Waals surface area contributed by atoms with E-state index in [0.717, 1.165) is 74.1 Å². The molecule has 3 aromatic rings. The summed E-state index contributed by atoms with van der Waals surface area (Å²) in [6, 6.07) is 16.8. The fraction of sp³-hybridized carbons (Fsp3) is 0.484. The second-order valence-electron chi connectivity index (χ2n) is 11.7. The largest absolute Gasteiger partial charge is 0.335 e. The summed E-state index contributed by atoms with van der Waals surface area (Å²) in [6.07, 6.45) is 3.08. The molecule has 2 amide bonds. The molecule has 1 aliphatic heterocycles. The number of carbonyl (C=O) groups excluding carboxylic acids is 2. The number of piperazine rings is 1. The van der Waals surface area contributed by atoms with Gasteiger partial charge in [-0.2, -0.15) is 0 Å². The Morgan fingerprint density at radius 3 is 2.24 bits per heavy atom. The van der Waals surface area contributed by atoms with Crippen LogP contribution in [0.15, 0.2) is 48.5 Å². The Kier molecular flexibility index (Phi) is 7.13. The van der Waals surface area contributed by atoms with Gasteiger partial charge >= 0.3 is 0 Å². The first-order valence-electron chi connectivity index (χ1n) is 13.8. The average Bonchev–Trinajstić information content (AvgIpc) is 3.19. The summed E-state index contributed by atoms with van der Waals surface area (Å²) in [6.45, 7) is 13.8. The van der Waals surface area contributed by atoms with Gasteiger partial charge in [0, 0.05) is 55.2 Å². The number of rotatable bonds is 6. The molecule has 2 aliphatic rings. The van der Waals surface area contributed by atoms with E-state index in [1.54, 1.807) is 0 Å². The molecule has 1 aliphatic carbocycles. The van der Waals surface area contributed by atoms with Crippen molar-refractivity contribution in [1.29, 1.82) is 0 Å². The summed E-state index contributed by atoms with van der Waals surface area (Å²) >= 11 is 0. The summed E-state index contributed by atoms with van der Waals surface area (Å²) < 4.78 is 2.15. The number of fused-ring (bicyclic) bond motifs is 1. The van der Waals surface area contributed by atoms with E-state index in [1.165, 1.54) is 5.56 Å². The van der Waals surface area contributed by atoms with Crippen LogP contribution in [0.3, 0.4) is 0 Å². The van der Waals surface area contributed by atoms with Crippen LogP contribution in [0.1, 0.15) is 68.6 Å². The molecule has 2 fully saturated rings. The SMILES string of the molecule is CCN1CCN(C(=O)c2cc3cc(NC(=O)C4CCC4)ccc3n2Cc2ccc(C(C)(C)C)cc2)CC1. The molecule has 0 radical (unpaired) electrons. The van der Waals surface area contributed by atoms with Crippen molar-refractivity contribution in [2.24, 2.45) is 5.92 Å². The summed E-state index contributed by atoms with van der Waals surface area (Å²) in [5.41, 5.74) is 5.08. The quantitative estimate of drug-likeness (QED) is 0.486. The number of amides is 2. The number of anilines is 1. The number of nitrogens with zero attached hydrogens (tertiary/aromatic N) is 3. The van der Waals surface area contributed by atoms with Gasteiger partial charge in [-0.1, -0.05) is 58.4 Å². The molecule has 2 aromatic carbocycles. The minimum absolute atomic E-state index is 0.0818. The predicted octanol–water partition coefficient (Wildman–Crippen LogP) is 5.50. The van der Waals surface area contributed by atoms with Gasteiger partial charge in [-0.25, -0.2) is 0 Å². The van der Waals surface area contributed by atoms with Gasteiger partial charge in [-0.05, 0) is 60.2 Å². The van der Waals surface area contributed by atoms with Crippen LogP contribution >= 0.6 is 0 Å². The zero-order chi connectivity index (χ0) is 26.2. The molecule has 6 heteroatoms. The van der Waals surface area contributed by atoms with Crippen molar-refractivity contribution in [2.75, 3.05) is 38.0 Å². The van der Waals surface area contributed by atoms with Crippen LogP contribution in [-0.2, 0) is 16.8 Å². The molecule has 0 bridgehead atoms. The lowest BCUT2D eigenvalue weighted by Gasteiger charge is -2.34. The smallest absolute Gasteiger partial charge is 0.270 e. The summed E-state index contributed by atoms with van der Waals surface area (Å²) in [7, 11) is 0. The number of hydrogen-bond donors (Lipinski definition) is 1. The molecule has 196 valence electrons. The normalized spacial score (nSPS) is 17.1. The number of likely N-dealkylation sites (N-methyl/N-ethyl adjacent to an activating group) is 1. The maximum Gasteiger partial charge on any atom is 0.270 e. The number of aromatic nitrogens is 1. The zero-order valence-electron chi connectivity index (χ0n) is 22.7. The Morgan fingerprint density at radius 2 is 1.65 bits per heavy atom. The van der Waals surface area contributed by atoms with Gasteiger partial charge in [0.2, 0.25) is 5.91 Å². The topological polar surface area (TPSA) is 57.6 Å². The fourth-order valence-electron chi connectivity index (χ4n) is 5.33. The van der Waals surface area contributed by atoms with E-state index in [4.69, 9.17) is 0 Å². The number of carbonyl (C=O) groups is 2. The van der Waals surface area contributed by atoms with Gasteiger partial charge in [0.15, 0.2) is 0 Å². The Balaban J connectivity index is 1.46. The van der Waals surface area contributed by atoms with Crippen molar-refractivity contribution < 1.29 is 9.59 Å². The Morgan fingerprint density at radius 1 is 0.946 bits per heavy atom. The standard InChI is InChI=1S/C31H40N4O2/c1-5-33-15-17-34(18-16-33)30(37)28-20-24-19-26(32-29(36)23-7-6-8-23)13-14-27(24)35(28)21-22-9-11-25(12-10-22)31(2,3)4/h9-14,19-20,23H,5-8,15-18,21H2,1-4H3,(H,32,36). The minimum Gasteiger partial charge on any atom is -0.335 e. The molecule has 1 N–H and O–H groups in total. The number of benzene rings is 2. The highest BCUT2D eigenvalue weighted by Crippen LogP contribution is 2.30. The van der Waals surface area contributed by atoms with Crippen LogP contribution in [-0.4, -0.2) is 58.9 Å². The lowest BCUT2D eigenvalue weighted by molar-refractivity contribution is -0.122. The molecule has 5 rings (SSSR count). The molecule has 37 heavy (non-hydrogen) atoms. The Bertz CT molecular complexity index is 1270. The van der Waals surface area contributed by atoms with Crippen molar-refractivity contribution in [3.8, 4) is 0 Å².